The first kappa shape index (κ1) is 29.7. The van der Waals surface area contributed by atoms with Crippen LogP contribution in [0.3, 0.4) is 0 Å². The molecule has 44 heavy (non-hydrogen) atoms. The van der Waals surface area contributed by atoms with Gasteiger partial charge >= 0.3 is 7.12 Å². The molecule has 0 bridgehead atoms. The molecule has 2 saturated heterocycles. The number of hydrogen-bond donors (Lipinski definition) is 2. The number of pyridine rings is 1. The zero-order valence-electron chi connectivity index (χ0n) is 23.8. The Morgan fingerprint density at radius 2 is 1.98 bits per heavy atom. The summed E-state index contributed by atoms with van der Waals surface area (Å²) in [5.74, 6) is -2.49. The number of rotatable bonds is 7. The van der Waals surface area contributed by atoms with Crippen molar-refractivity contribution in [2.24, 2.45) is 17.8 Å². The summed E-state index contributed by atoms with van der Waals surface area (Å²) >= 11 is 6.41. The topological polar surface area (TPSA) is 143 Å². The molecule has 3 aliphatic rings. The van der Waals surface area contributed by atoms with Crippen molar-refractivity contribution in [1.82, 2.24) is 4.98 Å². The van der Waals surface area contributed by atoms with Gasteiger partial charge < -0.3 is 14.8 Å². The largest absolute Gasteiger partial charge is 0.508 e. The molecule has 2 N–H and O–H groups in total. The number of carbonyl (C=O) groups is 2. The lowest BCUT2D eigenvalue weighted by Gasteiger charge is -2.42. The average Bonchev–Trinajstić information content (AvgIpc) is 3.25. The van der Waals surface area contributed by atoms with Gasteiger partial charge in [-0.05, 0) is 97.6 Å². The Hall–Kier alpha value is -4.32. The Morgan fingerprint density at radius 1 is 1.16 bits per heavy atom. The predicted molar refractivity (Wildman–Crippen MR) is 165 cm³/mol. The van der Waals surface area contributed by atoms with Crippen LogP contribution >= 0.6 is 11.6 Å². The monoisotopic (exact) mass is 613 g/mol. The number of nitro groups is 1. The third-order valence-electron chi connectivity index (χ3n) is 8.73. The molecule has 2 fully saturated rings. The fraction of sp³-hybridized carbons (Fsp3) is 0.281. The van der Waals surface area contributed by atoms with Crippen LogP contribution in [0, 0.1) is 27.9 Å². The maximum atomic E-state index is 13.9. The quantitative estimate of drug-likeness (QED) is 0.114. The minimum absolute atomic E-state index is 0.0594. The van der Waals surface area contributed by atoms with Crippen molar-refractivity contribution in [2.75, 3.05) is 4.90 Å². The van der Waals surface area contributed by atoms with Crippen molar-refractivity contribution in [3.05, 3.63) is 104 Å². The molecule has 0 radical (unpaired) electrons. The number of aromatic hydroxyl groups is 1. The Labute approximate surface area is 258 Å². The first-order valence-electron chi connectivity index (χ1n) is 14.4. The molecule has 1 aliphatic carbocycles. The first-order chi connectivity index (χ1) is 21.1. The van der Waals surface area contributed by atoms with Crippen LogP contribution in [-0.2, 0) is 14.2 Å². The summed E-state index contributed by atoms with van der Waals surface area (Å²) in [6, 6.07) is 15.9. The highest BCUT2D eigenvalue weighted by molar-refractivity contribution is 6.43. The molecule has 3 heterocycles. The number of carbonyl (C=O) groups excluding carboxylic acids is 2. The van der Waals surface area contributed by atoms with Gasteiger partial charge in [0, 0.05) is 18.3 Å². The maximum absolute atomic E-state index is 13.9. The zero-order valence-corrected chi connectivity index (χ0v) is 24.6. The van der Waals surface area contributed by atoms with Gasteiger partial charge in [0.1, 0.15) is 5.75 Å². The molecule has 2 aliphatic heterocycles. The van der Waals surface area contributed by atoms with Crippen LogP contribution in [0.1, 0.15) is 37.4 Å². The van der Waals surface area contributed by atoms with E-state index in [9.17, 15) is 29.8 Å². The van der Waals surface area contributed by atoms with Crippen molar-refractivity contribution >= 4 is 53.6 Å². The third kappa shape index (κ3) is 5.54. The van der Waals surface area contributed by atoms with Crippen LogP contribution in [0.15, 0.2) is 78.0 Å². The standard InChI is InChI=1S/C32H29BClN3O7/c1-18-13-24-30(32(40)36(31(24)39)21-5-4-6-22(15-21)37(42)43)25-17-33(41)44-28(29(18)25)11-9-20(27-7-2-3-12-35-27)14-19-8-10-23(38)16-26(19)34/h2-8,10,12,14-16,24-25,28,30,38,41H,9,11,13,17H2,1H3/b20-14-/t24-,25+,28-,30-/m1/s1. The number of halogens is 1. The summed E-state index contributed by atoms with van der Waals surface area (Å²) in [6.07, 6.45) is 4.58. The van der Waals surface area contributed by atoms with Gasteiger partial charge in [-0.3, -0.25) is 24.7 Å². The number of anilines is 1. The van der Waals surface area contributed by atoms with E-state index in [1.165, 1.54) is 30.3 Å². The molecule has 1 aromatic heterocycles. The SMILES string of the molecule is CC1=C2[C@@H](CC/C(=C/c3ccc(O)cc3Cl)c3ccccn3)OB(O)C[C@@H]2[C@@H]2C(=O)N(c3cccc([N+](=O)[O-])c3)C(=O)[C@@H]2C1. The molecule has 2 aromatic carbocycles. The lowest BCUT2D eigenvalue weighted by atomic mass is 9.58. The van der Waals surface area contributed by atoms with E-state index >= 15 is 0 Å². The number of nitro benzene ring substituents is 1. The van der Waals surface area contributed by atoms with E-state index in [1.807, 2.05) is 31.2 Å². The van der Waals surface area contributed by atoms with Crippen LogP contribution < -0.4 is 4.90 Å². The highest BCUT2D eigenvalue weighted by atomic mass is 35.5. The van der Waals surface area contributed by atoms with Crippen molar-refractivity contribution in [3.8, 4) is 5.75 Å². The van der Waals surface area contributed by atoms with E-state index in [-0.39, 0.29) is 29.4 Å². The molecule has 4 atom stereocenters. The van der Waals surface area contributed by atoms with E-state index in [1.54, 1.807) is 18.3 Å². The van der Waals surface area contributed by atoms with Crippen molar-refractivity contribution in [2.45, 2.75) is 38.6 Å². The number of aromatic nitrogens is 1. The number of hydrogen-bond acceptors (Lipinski definition) is 8. The number of allylic oxidation sites excluding steroid dienone is 2. The van der Waals surface area contributed by atoms with E-state index in [0.717, 1.165) is 27.3 Å². The Bertz CT molecular complexity index is 1710. The molecule has 3 aromatic rings. The predicted octanol–water partition coefficient (Wildman–Crippen LogP) is 5.69. The van der Waals surface area contributed by atoms with Gasteiger partial charge in [-0.2, -0.15) is 0 Å². The van der Waals surface area contributed by atoms with Crippen molar-refractivity contribution in [1.29, 1.82) is 0 Å². The molecule has 2 amide bonds. The second-order valence-corrected chi connectivity index (χ2v) is 11.8. The molecule has 0 unspecified atom stereocenters. The number of benzene rings is 2. The van der Waals surface area contributed by atoms with Gasteiger partial charge in [0.2, 0.25) is 11.8 Å². The summed E-state index contributed by atoms with van der Waals surface area (Å²) in [4.78, 5) is 43.8. The number of phenolic OH excluding ortho intramolecular Hbond substituents is 1. The number of imide groups is 1. The molecular formula is C32H29BClN3O7. The minimum atomic E-state index is -1.14. The maximum Gasteiger partial charge on any atom is 0.455 e. The molecule has 12 heteroatoms. The number of fused-ring (bicyclic) bond motifs is 3. The van der Waals surface area contributed by atoms with E-state index in [2.05, 4.69) is 4.98 Å². The average molecular weight is 614 g/mol. The third-order valence-corrected chi connectivity index (χ3v) is 9.06. The molecule has 224 valence electrons. The Kier molecular flexibility index (Phi) is 8.11. The fourth-order valence-corrected chi connectivity index (χ4v) is 7.08. The van der Waals surface area contributed by atoms with Crippen LogP contribution in [0.25, 0.3) is 11.6 Å². The van der Waals surface area contributed by atoms with Crippen LogP contribution in [-0.4, -0.2) is 45.1 Å². The summed E-state index contributed by atoms with van der Waals surface area (Å²) in [5, 5.41) is 32.4. The normalized spacial score (nSPS) is 23.6. The lowest BCUT2D eigenvalue weighted by Crippen LogP contribution is -2.46. The number of nitrogens with zero attached hydrogens (tertiary/aromatic N) is 3. The summed E-state index contributed by atoms with van der Waals surface area (Å²) in [7, 11) is -1.14. The van der Waals surface area contributed by atoms with Gasteiger partial charge in [0.25, 0.3) is 5.69 Å². The summed E-state index contributed by atoms with van der Waals surface area (Å²) in [6.45, 7) is 1.94. The number of non-ortho nitro benzene ring substituents is 1. The van der Waals surface area contributed by atoms with Crippen LogP contribution in [0.5, 0.6) is 5.75 Å². The van der Waals surface area contributed by atoms with E-state index in [4.69, 9.17) is 16.3 Å². The molecule has 6 rings (SSSR count). The van der Waals surface area contributed by atoms with Gasteiger partial charge in [-0.25, -0.2) is 4.90 Å². The first-order valence-corrected chi connectivity index (χ1v) is 14.8. The molecule has 0 spiro atoms. The van der Waals surface area contributed by atoms with Gasteiger partial charge in [-0.15, -0.1) is 0 Å². The van der Waals surface area contributed by atoms with Crippen molar-refractivity contribution < 1.29 is 29.3 Å². The second kappa shape index (κ2) is 12.0. The van der Waals surface area contributed by atoms with Gasteiger partial charge in [0.05, 0.1) is 39.3 Å². The van der Waals surface area contributed by atoms with Gasteiger partial charge in [-0.1, -0.05) is 29.3 Å². The van der Waals surface area contributed by atoms with Crippen LogP contribution in [0.2, 0.25) is 11.3 Å². The zero-order chi connectivity index (χ0) is 31.1. The Morgan fingerprint density at radius 3 is 2.70 bits per heavy atom. The summed E-state index contributed by atoms with van der Waals surface area (Å²) in [5.41, 5.74) is 4.14. The van der Waals surface area contributed by atoms with E-state index in [0.29, 0.717) is 29.8 Å². The highest BCUT2D eigenvalue weighted by Gasteiger charge is 2.57. The number of phenols is 1. The fourth-order valence-electron chi connectivity index (χ4n) is 6.85. The molecule has 10 nitrogen and oxygen atoms in total. The number of amides is 2. The minimum Gasteiger partial charge on any atom is -0.508 e. The van der Waals surface area contributed by atoms with Crippen LogP contribution in [0.4, 0.5) is 11.4 Å². The molecular weight excluding hydrogens is 585 g/mol. The van der Waals surface area contributed by atoms with E-state index < -0.39 is 41.8 Å². The smallest absolute Gasteiger partial charge is 0.455 e. The van der Waals surface area contributed by atoms with Gasteiger partial charge in [0.15, 0.2) is 0 Å². The highest BCUT2D eigenvalue weighted by Crippen LogP contribution is 2.51. The second-order valence-electron chi connectivity index (χ2n) is 11.4. The summed E-state index contributed by atoms with van der Waals surface area (Å²) < 4.78 is 6.07. The molecule has 0 saturated carbocycles. The lowest BCUT2D eigenvalue weighted by molar-refractivity contribution is -0.384. The van der Waals surface area contributed by atoms with Crippen molar-refractivity contribution in [3.63, 3.8) is 0 Å². The Balaban J connectivity index is 1.30.